The number of anilines is 1. The number of nitrogen functional groups attached to an aromatic ring is 1. The van der Waals surface area contributed by atoms with Gasteiger partial charge in [-0.05, 0) is 42.9 Å². The minimum absolute atomic E-state index is 0. The molecule has 1 aromatic rings. The van der Waals surface area contributed by atoms with Crippen molar-refractivity contribution in [1.29, 1.82) is 0 Å². The van der Waals surface area contributed by atoms with Crippen molar-refractivity contribution >= 4 is 24.0 Å². The molecule has 0 saturated heterocycles. The van der Waals surface area contributed by atoms with E-state index in [9.17, 15) is 4.79 Å². The van der Waals surface area contributed by atoms with E-state index < -0.39 is 0 Å². The van der Waals surface area contributed by atoms with Crippen molar-refractivity contribution in [3.63, 3.8) is 0 Å². The first kappa shape index (κ1) is 16.8. The van der Waals surface area contributed by atoms with Crippen LogP contribution < -0.4 is 11.1 Å². The fourth-order valence-electron chi connectivity index (χ4n) is 2.91. The summed E-state index contributed by atoms with van der Waals surface area (Å²) in [4.78, 5) is 12.2. The molecule has 112 valence electrons. The summed E-state index contributed by atoms with van der Waals surface area (Å²) in [6, 6.07) is 7.48. The van der Waals surface area contributed by atoms with Crippen LogP contribution in [0.2, 0.25) is 0 Å². The standard InChI is InChI=1S/C16H24N2O.ClH/c1-11(2)12-5-4-8-15(10-12)18-16(19)13-6-3-7-14(17)9-13;/h3,6-7,9,11-12,15H,4-5,8,10,17H2,1-2H3,(H,18,19);1H. The average molecular weight is 297 g/mol. The third-order valence-corrected chi connectivity index (χ3v) is 4.14. The Labute approximate surface area is 127 Å². The van der Waals surface area contributed by atoms with E-state index >= 15 is 0 Å². The van der Waals surface area contributed by atoms with Crippen molar-refractivity contribution in [2.75, 3.05) is 5.73 Å². The second-order valence-corrected chi connectivity index (χ2v) is 5.97. The molecule has 20 heavy (non-hydrogen) atoms. The number of carbonyl (C=O) groups is 1. The predicted octanol–water partition coefficient (Wildman–Crippen LogP) is 3.64. The Balaban J connectivity index is 0.00000200. The van der Waals surface area contributed by atoms with E-state index in [1.807, 2.05) is 12.1 Å². The molecule has 2 rings (SSSR count). The van der Waals surface area contributed by atoms with Crippen LogP contribution in [-0.4, -0.2) is 11.9 Å². The molecule has 1 aliphatic rings. The third kappa shape index (κ3) is 4.41. The molecule has 3 N–H and O–H groups in total. The SMILES string of the molecule is CC(C)C1CCCC(NC(=O)c2cccc(N)c2)C1.Cl. The van der Waals surface area contributed by atoms with Gasteiger partial charge in [0.05, 0.1) is 0 Å². The molecule has 0 radical (unpaired) electrons. The molecule has 2 unspecified atom stereocenters. The van der Waals surface area contributed by atoms with Gasteiger partial charge in [0.25, 0.3) is 5.91 Å². The molecule has 1 fully saturated rings. The average Bonchev–Trinajstić information content (AvgIpc) is 2.39. The fraction of sp³-hybridized carbons (Fsp3) is 0.562. The first-order valence-corrected chi connectivity index (χ1v) is 7.22. The first-order valence-electron chi connectivity index (χ1n) is 7.22. The van der Waals surface area contributed by atoms with E-state index in [-0.39, 0.29) is 18.3 Å². The molecule has 0 aromatic heterocycles. The summed E-state index contributed by atoms with van der Waals surface area (Å²) in [5.74, 6) is 1.44. The highest BCUT2D eigenvalue weighted by Crippen LogP contribution is 2.30. The van der Waals surface area contributed by atoms with Gasteiger partial charge in [-0.25, -0.2) is 0 Å². The van der Waals surface area contributed by atoms with E-state index in [1.165, 1.54) is 12.8 Å². The number of rotatable bonds is 3. The zero-order chi connectivity index (χ0) is 13.8. The second kappa shape index (κ2) is 7.53. The van der Waals surface area contributed by atoms with Gasteiger partial charge in [0.2, 0.25) is 0 Å². The van der Waals surface area contributed by atoms with Gasteiger partial charge < -0.3 is 11.1 Å². The maximum absolute atomic E-state index is 12.2. The molecular weight excluding hydrogens is 272 g/mol. The van der Waals surface area contributed by atoms with Crippen molar-refractivity contribution in [3.05, 3.63) is 29.8 Å². The van der Waals surface area contributed by atoms with E-state index in [1.54, 1.807) is 12.1 Å². The minimum Gasteiger partial charge on any atom is -0.399 e. The Morgan fingerprint density at radius 3 is 2.75 bits per heavy atom. The summed E-state index contributed by atoms with van der Waals surface area (Å²) in [6.07, 6.45) is 4.70. The van der Waals surface area contributed by atoms with Crippen molar-refractivity contribution in [2.24, 2.45) is 11.8 Å². The smallest absolute Gasteiger partial charge is 0.251 e. The monoisotopic (exact) mass is 296 g/mol. The Bertz CT molecular complexity index is 448. The number of nitrogens with two attached hydrogens (primary N) is 1. The van der Waals surface area contributed by atoms with E-state index in [0.717, 1.165) is 18.8 Å². The normalized spacial score (nSPS) is 22.1. The molecule has 0 heterocycles. The van der Waals surface area contributed by atoms with Crippen molar-refractivity contribution < 1.29 is 4.79 Å². The molecule has 0 bridgehead atoms. The van der Waals surface area contributed by atoms with Gasteiger partial charge in [0.1, 0.15) is 0 Å². The number of nitrogens with one attached hydrogen (secondary N) is 1. The zero-order valence-electron chi connectivity index (χ0n) is 12.3. The van der Waals surface area contributed by atoms with Crippen molar-refractivity contribution in [2.45, 2.75) is 45.6 Å². The van der Waals surface area contributed by atoms with Gasteiger partial charge in [-0.3, -0.25) is 4.79 Å². The molecule has 3 nitrogen and oxygen atoms in total. The summed E-state index contributed by atoms with van der Waals surface area (Å²) >= 11 is 0. The number of halogens is 1. The molecule has 0 aliphatic heterocycles. The Morgan fingerprint density at radius 2 is 2.10 bits per heavy atom. The number of carbonyl (C=O) groups excluding carboxylic acids is 1. The lowest BCUT2D eigenvalue weighted by Crippen LogP contribution is -2.39. The van der Waals surface area contributed by atoms with Crippen LogP contribution >= 0.6 is 12.4 Å². The lowest BCUT2D eigenvalue weighted by Gasteiger charge is -2.32. The Morgan fingerprint density at radius 1 is 1.35 bits per heavy atom. The number of amides is 1. The highest BCUT2D eigenvalue weighted by molar-refractivity contribution is 5.95. The van der Waals surface area contributed by atoms with Gasteiger partial charge in [0.15, 0.2) is 0 Å². The van der Waals surface area contributed by atoms with Gasteiger partial charge in [-0.1, -0.05) is 32.8 Å². The van der Waals surface area contributed by atoms with Crippen molar-refractivity contribution in [1.82, 2.24) is 5.32 Å². The van der Waals surface area contributed by atoms with E-state index in [2.05, 4.69) is 19.2 Å². The van der Waals surface area contributed by atoms with Crippen molar-refractivity contribution in [3.8, 4) is 0 Å². The largest absolute Gasteiger partial charge is 0.399 e. The quantitative estimate of drug-likeness (QED) is 0.837. The highest BCUT2D eigenvalue weighted by atomic mass is 35.5. The van der Waals surface area contributed by atoms with Gasteiger partial charge in [-0.15, -0.1) is 12.4 Å². The van der Waals surface area contributed by atoms with E-state index in [4.69, 9.17) is 5.73 Å². The Kier molecular flexibility index (Phi) is 6.34. The van der Waals surface area contributed by atoms with Gasteiger partial charge in [0, 0.05) is 17.3 Å². The first-order chi connectivity index (χ1) is 9.06. The molecule has 1 aliphatic carbocycles. The van der Waals surface area contributed by atoms with Crippen LogP contribution in [0.3, 0.4) is 0 Å². The summed E-state index contributed by atoms with van der Waals surface area (Å²) in [5, 5.41) is 3.15. The van der Waals surface area contributed by atoms with Crippen LogP contribution in [0.5, 0.6) is 0 Å². The topological polar surface area (TPSA) is 55.1 Å². The fourth-order valence-corrected chi connectivity index (χ4v) is 2.91. The summed E-state index contributed by atoms with van der Waals surface area (Å²) in [5.41, 5.74) is 7.01. The third-order valence-electron chi connectivity index (χ3n) is 4.14. The molecule has 1 amide bonds. The maximum Gasteiger partial charge on any atom is 0.251 e. The van der Waals surface area contributed by atoms with Gasteiger partial charge in [-0.2, -0.15) is 0 Å². The van der Waals surface area contributed by atoms with Crippen LogP contribution in [0.4, 0.5) is 5.69 Å². The van der Waals surface area contributed by atoms with Crippen LogP contribution in [0.15, 0.2) is 24.3 Å². The second-order valence-electron chi connectivity index (χ2n) is 5.97. The predicted molar refractivity (Wildman–Crippen MR) is 86.2 cm³/mol. The van der Waals surface area contributed by atoms with Crippen LogP contribution in [0.1, 0.15) is 49.9 Å². The molecule has 0 spiro atoms. The molecule has 2 atom stereocenters. The molecular formula is C16H25ClN2O. The summed E-state index contributed by atoms with van der Waals surface area (Å²) in [6.45, 7) is 4.54. The van der Waals surface area contributed by atoms with Gasteiger partial charge >= 0.3 is 0 Å². The summed E-state index contributed by atoms with van der Waals surface area (Å²) < 4.78 is 0. The maximum atomic E-state index is 12.2. The lowest BCUT2D eigenvalue weighted by atomic mass is 9.79. The lowest BCUT2D eigenvalue weighted by molar-refractivity contribution is 0.0913. The number of hydrogen-bond acceptors (Lipinski definition) is 2. The molecule has 1 saturated carbocycles. The summed E-state index contributed by atoms with van der Waals surface area (Å²) in [7, 11) is 0. The molecule has 4 heteroatoms. The Hall–Kier alpha value is -1.22. The molecule has 1 aromatic carbocycles. The number of hydrogen-bond donors (Lipinski definition) is 2. The minimum atomic E-state index is 0. The zero-order valence-corrected chi connectivity index (χ0v) is 13.1. The van der Waals surface area contributed by atoms with Crippen LogP contribution in [0.25, 0.3) is 0 Å². The van der Waals surface area contributed by atoms with E-state index in [0.29, 0.717) is 23.2 Å². The number of benzene rings is 1. The van der Waals surface area contributed by atoms with Crippen LogP contribution in [-0.2, 0) is 0 Å². The highest BCUT2D eigenvalue weighted by Gasteiger charge is 2.25. The van der Waals surface area contributed by atoms with Crippen LogP contribution in [0, 0.1) is 11.8 Å².